The standard InChI is InChI=1S/C12H10FN3S/c13-9-3-1-8(2-4-9)12-10(7-15)17-11(16-12)5-6-14/h1-4H,5-6,14H2. The minimum absolute atomic E-state index is 0.301. The summed E-state index contributed by atoms with van der Waals surface area (Å²) in [5.41, 5.74) is 6.82. The molecule has 5 heteroatoms. The molecule has 0 radical (unpaired) electrons. The van der Waals surface area contributed by atoms with Gasteiger partial charge in [0.25, 0.3) is 0 Å². The predicted octanol–water partition coefficient (Wildman–Crippen LogP) is 2.32. The van der Waals surface area contributed by atoms with Gasteiger partial charge in [0.2, 0.25) is 0 Å². The third kappa shape index (κ3) is 2.49. The highest BCUT2D eigenvalue weighted by Gasteiger charge is 2.12. The van der Waals surface area contributed by atoms with Crippen LogP contribution in [0.4, 0.5) is 4.39 Å². The normalized spacial score (nSPS) is 10.2. The minimum Gasteiger partial charge on any atom is -0.330 e. The second-order valence-corrected chi connectivity index (χ2v) is 4.53. The van der Waals surface area contributed by atoms with Gasteiger partial charge in [-0.05, 0) is 30.8 Å². The SMILES string of the molecule is N#Cc1sc(CCN)nc1-c1ccc(F)cc1. The van der Waals surface area contributed by atoms with Gasteiger partial charge in [0, 0.05) is 12.0 Å². The van der Waals surface area contributed by atoms with E-state index in [1.807, 2.05) is 0 Å². The molecule has 0 fully saturated rings. The first kappa shape index (κ1) is 11.7. The maximum atomic E-state index is 12.8. The van der Waals surface area contributed by atoms with Gasteiger partial charge in [0.15, 0.2) is 0 Å². The molecule has 0 saturated heterocycles. The summed E-state index contributed by atoms with van der Waals surface area (Å²) in [5.74, 6) is -0.301. The van der Waals surface area contributed by atoms with Gasteiger partial charge in [0.1, 0.15) is 16.8 Å². The van der Waals surface area contributed by atoms with Crippen molar-refractivity contribution in [2.24, 2.45) is 5.73 Å². The van der Waals surface area contributed by atoms with Crippen molar-refractivity contribution < 1.29 is 4.39 Å². The first-order chi connectivity index (χ1) is 8.24. The van der Waals surface area contributed by atoms with Gasteiger partial charge >= 0.3 is 0 Å². The molecule has 86 valence electrons. The van der Waals surface area contributed by atoms with E-state index >= 15 is 0 Å². The van der Waals surface area contributed by atoms with Crippen molar-refractivity contribution in [1.82, 2.24) is 4.98 Å². The van der Waals surface area contributed by atoms with E-state index in [1.54, 1.807) is 12.1 Å². The molecule has 1 aromatic heterocycles. The molecule has 17 heavy (non-hydrogen) atoms. The molecule has 0 saturated carbocycles. The van der Waals surface area contributed by atoms with Crippen LogP contribution >= 0.6 is 11.3 Å². The lowest BCUT2D eigenvalue weighted by atomic mass is 10.1. The third-order valence-corrected chi connectivity index (χ3v) is 3.27. The minimum atomic E-state index is -0.301. The van der Waals surface area contributed by atoms with Crippen LogP contribution in [0.15, 0.2) is 24.3 Å². The van der Waals surface area contributed by atoms with Gasteiger partial charge in [0.05, 0.1) is 10.7 Å². The summed E-state index contributed by atoms with van der Waals surface area (Å²) in [6.45, 7) is 0.501. The van der Waals surface area contributed by atoms with Crippen LogP contribution in [0.2, 0.25) is 0 Å². The van der Waals surface area contributed by atoms with Crippen molar-refractivity contribution in [2.45, 2.75) is 6.42 Å². The summed E-state index contributed by atoms with van der Waals surface area (Å²) in [6, 6.07) is 8.07. The number of rotatable bonds is 3. The Bertz CT molecular complexity index is 554. The van der Waals surface area contributed by atoms with E-state index in [-0.39, 0.29) is 5.82 Å². The van der Waals surface area contributed by atoms with Crippen LogP contribution in [0.25, 0.3) is 11.3 Å². The van der Waals surface area contributed by atoms with Gasteiger partial charge < -0.3 is 5.73 Å². The summed E-state index contributed by atoms with van der Waals surface area (Å²) < 4.78 is 12.8. The molecule has 3 nitrogen and oxygen atoms in total. The van der Waals surface area contributed by atoms with Gasteiger partial charge in [-0.1, -0.05) is 0 Å². The number of thiazole rings is 1. The number of nitrogens with zero attached hydrogens (tertiary/aromatic N) is 2. The maximum Gasteiger partial charge on any atom is 0.132 e. The van der Waals surface area contributed by atoms with E-state index in [0.717, 1.165) is 10.6 Å². The second kappa shape index (κ2) is 5.04. The van der Waals surface area contributed by atoms with Crippen molar-refractivity contribution in [3.05, 3.63) is 40.0 Å². The summed E-state index contributed by atoms with van der Waals surface area (Å²) >= 11 is 1.34. The second-order valence-electron chi connectivity index (χ2n) is 3.44. The van der Waals surface area contributed by atoms with Crippen LogP contribution in [0.3, 0.4) is 0 Å². The van der Waals surface area contributed by atoms with Gasteiger partial charge in [-0.15, -0.1) is 11.3 Å². The highest BCUT2D eigenvalue weighted by atomic mass is 32.1. The number of hydrogen-bond donors (Lipinski definition) is 1. The van der Waals surface area contributed by atoms with E-state index in [0.29, 0.717) is 23.5 Å². The lowest BCUT2D eigenvalue weighted by Crippen LogP contribution is -2.01. The zero-order valence-corrected chi connectivity index (χ0v) is 9.80. The molecule has 1 heterocycles. The van der Waals surface area contributed by atoms with Gasteiger partial charge in [-0.25, -0.2) is 9.37 Å². The number of nitrogens with two attached hydrogens (primary N) is 1. The quantitative estimate of drug-likeness (QED) is 0.905. The van der Waals surface area contributed by atoms with Crippen molar-refractivity contribution in [3.63, 3.8) is 0 Å². The molecule has 0 bridgehead atoms. The zero-order chi connectivity index (χ0) is 12.3. The monoisotopic (exact) mass is 247 g/mol. The molecule has 2 aromatic rings. The van der Waals surface area contributed by atoms with E-state index in [9.17, 15) is 4.39 Å². The lowest BCUT2D eigenvalue weighted by molar-refractivity contribution is 0.628. The van der Waals surface area contributed by atoms with E-state index in [2.05, 4.69) is 11.1 Å². The molecule has 2 rings (SSSR count). The molecular weight excluding hydrogens is 237 g/mol. The third-order valence-electron chi connectivity index (χ3n) is 2.25. The molecule has 0 aliphatic carbocycles. The highest BCUT2D eigenvalue weighted by molar-refractivity contribution is 7.12. The smallest absolute Gasteiger partial charge is 0.132 e. The Morgan fingerprint density at radius 2 is 2.06 bits per heavy atom. The molecular formula is C12H10FN3S. The number of hydrogen-bond acceptors (Lipinski definition) is 4. The van der Waals surface area contributed by atoms with E-state index in [1.165, 1.54) is 23.5 Å². The molecule has 0 spiro atoms. The van der Waals surface area contributed by atoms with Gasteiger partial charge in [-0.2, -0.15) is 5.26 Å². The van der Waals surface area contributed by atoms with E-state index in [4.69, 9.17) is 11.0 Å². The highest BCUT2D eigenvalue weighted by Crippen LogP contribution is 2.27. The van der Waals surface area contributed by atoms with Crippen LogP contribution in [-0.4, -0.2) is 11.5 Å². The van der Waals surface area contributed by atoms with Crippen LogP contribution in [0, 0.1) is 17.1 Å². The van der Waals surface area contributed by atoms with E-state index < -0.39 is 0 Å². The van der Waals surface area contributed by atoms with Crippen LogP contribution < -0.4 is 5.73 Å². The molecule has 0 unspecified atom stereocenters. The van der Waals surface area contributed by atoms with Crippen molar-refractivity contribution in [2.75, 3.05) is 6.54 Å². The molecule has 0 atom stereocenters. The van der Waals surface area contributed by atoms with Gasteiger partial charge in [-0.3, -0.25) is 0 Å². The first-order valence-electron chi connectivity index (χ1n) is 5.10. The molecule has 0 aliphatic rings. The van der Waals surface area contributed by atoms with Crippen LogP contribution in [0.5, 0.6) is 0 Å². The Kier molecular flexibility index (Phi) is 3.47. The number of nitriles is 1. The fourth-order valence-corrected chi connectivity index (χ4v) is 2.37. The summed E-state index contributed by atoms with van der Waals surface area (Å²) in [5, 5.41) is 9.87. The average Bonchev–Trinajstić information content (AvgIpc) is 2.74. The van der Waals surface area contributed by atoms with Crippen molar-refractivity contribution in [3.8, 4) is 17.3 Å². The Morgan fingerprint density at radius 1 is 1.35 bits per heavy atom. The number of halogens is 1. The lowest BCUT2D eigenvalue weighted by Gasteiger charge is -1.96. The topological polar surface area (TPSA) is 62.7 Å². The van der Waals surface area contributed by atoms with Crippen molar-refractivity contribution in [1.29, 1.82) is 5.26 Å². The maximum absolute atomic E-state index is 12.8. The Balaban J connectivity index is 2.44. The number of aromatic nitrogens is 1. The fourth-order valence-electron chi connectivity index (χ4n) is 1.47. The predicted molar refractivity (Wildman–Crippen MR) is 65.0 cm³/mol. The molecule has 0 amide bonds. The Labute approximate surface area is 102 Å². The largest absolute Gasteiger partial charge is 0.330 e. The summed E-state index contributed by atoms with van der Waals surface area (Å²) in [4.78, 5) is 4.91. The van der Waals surface area contributed by atoms with Crippen molar-refractivity contribution >= 4 is 11.3 Å². The first-order valence-corrected chi connectivity index (χ1v) is 5.92. The molecule has 0 aliphatic heterocycles. The zero-order valence-electron chi connectivity index (χ0n) is 8.98. The fraction of sp³-hybridized carbons (Fsp3) is 0.167. The Hall–Kier alpha value is -1.77. The molecule has 1 aromatic carbocycles. The summed E-state index contributed by atoms with van der Waals surface area (Å²) in [6.07, 6.45) is 0.653. The number of benzene rings is 1. The Morgan fingerprint density at radius 3 is 2.65 bits per heavy atom. The van der Waals surface area contributed by atoms with Crippen LogP contribution in [-0.2, 0) is 6.42 Å². The molecule has 2 N–H and O–H groups in total. The summed E-state index contributed by atoms with van der Waals surface area (Å²) in [7, 11) is 0. The average molecular weight is 247 g/mol. The van der Waals surface area contributed by atoms with Crippen LogP contribution in [0.1, 0.15) is 9.88 Å².